The Morgan fingerprint density at radius 2 is 1.83 bits per heavy atom. The van der Waals surface area contributed by atoms with Crippen molar-refractivity contribution >= 4 is 34.2 Å². The average molecular weight is 490 g/mol. The minimum Gasteiger partial charge on any atom is -0.496 e. The lowest BCUT2D eigenvalue weighted by Crippen LogP contribution is -2.62. The second-order valence-corrected chi connectivity index (χ2v) is 8.79. The highest BCUT2D eigenvalue weighted by atomic mass is 16.5. The molecule has 0 saturated carbocycles. The van der Waals surface area contributed by atoms with Crippen molar-refractivity contribution in [3.63, 3.8) is 0 Å². The number of fused-ring (bicyclic) bond motifs is 2. The maximum atomic E-state index is 13.4. The van der Waals surface area contributed by atoms with Crippen molar-refractivity contribution in [2.75, 3.05) is 32.6 Å². The minimum atomic E-state index is -0.659. The molecule has 186 valence electrons. The first-order valence-electron chi connectivity index (χ1n) is 11.5. The highest BCUT2D eigenvalue weighted by molar-refractivity contribution is 6.06. The Morgan fingerprint density at radius 1 is 1.08 bits per heavy atom. The third-order valence-electron chi connectivity index (χ3n) is 6.75. The molecule has 5 rings (SSSR count). The van der Waals surface area contributed by atoms with Crippen molar-refractivity contribution in [2.24, 2.45) is 16.7 Å². The molecule has 1 saturated heterocycles. The summed E-state index contributed by atoms with van der Waals surface area (Å²) in [6.45, 7) is 0.862. The van der Waals surface area contributed by atoms with Gasteiger partial charge >= 0.3 is 0 Å². The number of para-hydroxylation sites is 1. The van der Waals surface area contributed by atoms with Gasteiger partial charge in [-0.2, -0.15) is 5.10 Å². The van der Waals surface area contributed by atoms with E-state index in [1.807, 2.05) is 12.1 Å². The van der Waals surface area contributed by atoms with E-state index in [0.29, 0.717) is 59.8 Å². The summed E-state index contributed by atoms with van der Waals surface area (Å²) >= 11 is 0. The molecule has 2 aliphatic rings. The second kappa shape index (κ2) is 8.91. The molecule has 11 nitrogen and oxygen atoms in total. The Labute approximate surface area is 207 Å². The van der Waals surface area contributed by atoms with Gasteiger partial charge < -0.3 is 36.6 Å². The highest BCUT2D eigenvalue weighted by Gasteiger charge is 2.41. The van der Waals surface area contributed by atoms with Crippen molar-refractivity contribution in [1.82, 2.24) is 15.2 Å². The Hall–Kier alpha value is -4.54. The van der Waals surface area contributed by atoms with Gasteiger partial charge in [0.1, 0.15) is 34.2 Å². The van der Waals surface area contributed by atoms with Crippen LogP contribution >= 0.6 is 0 Å². The molecule has 0 aliphatic carbocycles. The van der Waals surface area contributed by atoms with Crippen molar-refractivity contribution in [3.05, 3.63) is 59.3 Å². The van der Waals surface area contributed by atoms with Crippen LogP contribution in [-0.4, -0.2) is 60.5 Å². The van der Waals surface area contributed by atoms with E-state index >= 15 is 0 Å². The number of amides is 2. The number of nitrogens with one attached hydrogen (secondary N) is 2. The first-order chi connectivity index (χ1) is 17.4. The number of carbonyl (C=O) groups is 2. The van der Waals surface area contributed by atoms with E-state index in [2.05, 4.69) is 20.7 Å². The van der Waals surface area contributed by atoms with Gasteiger partial charge in [0, 0.05) is 48.6 Å². The van der Waals surface area contributed by atoms with Crippen LogP contribution in [0.1, 0.15) is 39.3 Å². The molecule has 0 unspecified atom stereocenters. The van der Waals surface area contributed by atoms with E-state index in [1.54, 1.807) is 49.5 Å². The first kappa shape index (κ1) is 23.2. The van der Waals surface area contributed by atoms with Gasteiger partial charge in [0.25, 0.3) is 11.8 Å². The zero-order valence-corrected chi connectivity index (χ0v) is 20.0. The van der Waals surface area contributed by atoms with Crippen LogP contribution < -0.4 is 31.7 Å². The fraction of sp³-hybridized carbons (Fsp3) is 0.280. The van der Waals surface area contributed by atoms with Gasteiger partial charge in [-0.1, -0.05) is 6.07 Å². The SMILES string of the molecule is COc1cc(C(=O)N2CCC3(CC2)NC(=O)c2cc(C(N)=NN)ccc2N3)nc2c(OC)cccc12. The number of nitrogens with two attached hydrogens (primary N) is 2. The zero-order valence-electron chi connectivity index (χ0n) is 20.0. The van der Waals surface area contributed by atoms with Crippen LogP contribution in [-0.2, 0) is 0 Å². The Morgan fingerprint density at radius 3 is 2.53 bits per heavy atom. The predicted octanol–water partition coefficient (Wildman–Crippen LogP) is 1.62. The van der Waals surface area contributed by atoms with Gasteiger partial charge in [0.2, 0.25) is 0 Å². The molecule has 2 aromatic carbocycles. The summed E-state index contributed by atoms with van der Waals surface area (Å²) in [5, 5.41) is 10.8. The molecule has 2 aliphatic heterocycles. The van der Waals surface area contributed by atoms with Crippen LogP contribution in [0.5, 0.6) is 11.5 Å². The molecule has 6 N–H and O–H groups in total. The lowest BCUT2D eigenvalue weighted by molar-refractivity contribution is 0.0634. The summed E-state index contributed by atoms with van der Waals surface area (Å²) in [7, 11) is 3.12. The molecular weight excluding hydrogens is 462 g/mol. The molecule has 1 aromatic heterocycles. The number of amidine groups is 1. The van der Waals surface area contributed by atoms with Gasteiger partial charge in [-0.15, -0.1) is 0 Å². The van der Waals surface area contributed by atoms with E-state index in [9.17, 15) is 9.59 Å². The average Bonchev–Trinajstić information content (AvgIpc) is 2.91. The number of carbonyl (C=O) groups excluding carboxylic acids is 2. The Bertz CT molecular complexity index is 1400. The standard InChI is InChI=1S/C25H27N7O4/c1-35-19-5-3-4-15-20(36-2)13-18(28-21(15)19)24(34)32-10-8-25(9-11-32)29-17-7-6-14(22(26)31-27)12-16(17)23(33)30-25/h3-7,12-13,29H,8-11,27H2,1-2H3,(H2,26,31)(H,30,33). The van der Waals surface area contributed by atoms with Gasteiger partial charge in [-0.3, -0.25) is 9.59 Å². The van der Waals surface area contributed by atoms with E-state index < -0.39 is 5.66 Å². The molecule has 1 fully saturated rings. The molecule has 0 radical (unpaired) electrons. The van der Waals surface area contributed by atoms with Crippen molar-refractivity contribution in [1.29, 1.82) is 0 Å². The van der Waals surface area contributed by atoms with E-state index in [0.717, 1.165) is 5.39 Å². The number of benzene rings is 2. The van der Waals surface area contributed by atoms with Crippen LogP contribution in [0.4, 0.5) is 5.69 Å². The third kappa shape index (κ3) is 3.88. The number of anilines is 1. The fourth-order valence-electron chi connectivity index (χ4n) is 4.79. The number of piperidine rings is 1. The number of aromatic nitrogens is 1. The first-order valence-corrected chi connectivity index (χ1v) is 11.5. The van der Waals surface area contributed by atoms with Crippen LogP contribution in [0.25, 0.3) is 10.9 Å². The van der Waals surface area contributed by atoms with Crippen LogP contribution in [0.15, 0.2) is 47.6 Å². The van der Waals surface area contributed by atoms with Crippen molar-refractivity contribution in [3.8, 4) is 11.5 Å². The highest BCUT2D eigenvalue weighted by Crippen LogP contribution is 2.34. The summed E-state index contributed by atoms with van der Waals surface area (Å²) in [6.07, 6.45) is 1.04. The van der Waals surface area contributed by atoms with Crippen LogP contribution in [0.2, 0.25) is 0 Å². The summed E-state index contributed by atoms with van der Waals surface area (Å²) in [5.74, 6) is 6.09. The van der Waals surface area contributed by atoms with Crippen LogP contribution in [0.3, 0.4) is 0 Å². The van der Waals surface area contributed by atoms with E-state index in [-0.39, 0.29) is 23.3 Å². The van der Waals surface area contributed by atoms with Crippen LogP contribution in [0, 0.1) is 0 Å². The summed E-state index contributed by atoms with van der Waals surface area (Å²) in [5.41, 5.74) is 7.69. The van der Waals surface area contributed by atoms with Crippen molar-refractivity contribution < 1.29 is 19.1 Å². The minimum absolute atomic E-state index is 0.147. The molecule has 2 amide bonds. The predicted molar refractivity (Wildman–Crippen MR) is 135 cm³/mol. The van der Waals surface area contributed by atoms with Gasteiger partial charge in [0.15, 0.2) is 0 Å². The normalized spacial score (nSPS) is 16.8. The lowest BCUT2D eigenvalue weighted by atomic mass is 9.91. The largest absolute Gasteiger partial charge is 0.496 e. The molecule has 3 aromatic rings. The number of hydrogen-bond acceptors (Lipinski definition) is 8. The number of likely N-dealkylation sites (tertiary alicyclic amines) is 1. The van der Waals surface area contributed by atoms with E-state index in [1.165, 1.54) is 0 Å². The van der Waals surface area contributed by atoms with Gasteiger partial charge in [0.05, 0.1) is 19.8 Å². The molecular formula is C25H27N7O4. The van der Waals surface area contributed by atoms with Crippen molar-refractivity contribution in [2.45, 2.75) is 18.5 Å². The summed E-state index contributed by atoms with van der Waals surface area (Å²) < 4.78 is 11.0. The lowest BCUT2D eigenvalue weighted by Gasteiger charge is -2.45. The molecule has 1 spiro atoms. The number of nitrogens with zero attached hydrogens (tertiary/aromatic N) is 3. The third-order valence-corrected chi connectivity index (χ3v) is 6.75. The fourth-order valence-corrected chi connectivity index (χ4v) is 4.79. The number of hydrogen-bond donors (Lipinski definition) is 4. The quantitative estimate of drug-likeness (QED) is 0.186. The zero-order chi connectivity index (χ0) is 25.4. The Kier molecular flexibility index (Phi) is 5.75. The maximum absolute atomic E-state index is 13.4. The number of ether oxygens (including phenoxy) is 2. The van der Waals surface area contributed by atoms with E-state index in [4.69, 9.17) is 21.1 Å². The molecule has 3 heterocycles. The topological polar surface area (TPSA) is 157 Å². The smallest absolute Gasteiger partial charge is 0.272 e. The molecule has 36 heavy (non-hydrogen) atoms. The summed E-state index contributed by atoms with van der Waals surface area (Å²) in [4.78, 5) is 32.7. The Balaban J connectivity index is 1.36. The molecule has 0 bridgehead atoms. The van der Waals surface area contributed by atoms with Gasteiger partial charge in [-0.25, -0.2) is 4.98 Å². The monoisotopic (exact) mass is 489 g/mol. The number of methoxy groups -OCH3 is 2. The number of pyridine rings is 1. The molecule has 11 heteroatoms. The summed E-state index contributed by atoms with van der Waals surface area (Å²) in [6, 6.07) is 12.4. The number of rotatable bonds is 4. The van der Waals surface area contributed by atoms with Gasteiger partial charge in [-0.05, 0) is 30.3 Å². The second-order valence-electron chi connectivity index (χ2n) is 8.79. The molecule has 0 atom stereocenters. The number of hydrazone groups is 1. The maximum Gasteiger partial charge on any atom is 0.272 e.